The Morgan fingerprint density at radius 1 is 1.14 bits per heavy atom. The van der Waals surface area contributed by atoms with E-state index in [4.69, 9.17) is 0 Å². The standard InChI is InChI=1S/C17H28BrN3O/c1-13(2)12-21(11-10-20(4)5)17(22)19-14(3)15-6-8-16(18)9-7-15/h6-9,13-14H,10-12H2,1-5H3,(H,19,22)/t14-/m1/s1. The lowest BCUT2D eigenvalue weighted by atomic mass is 10.1. The first-order valence-electron chi connectivity index (χ1n) is 7.75. The molecule has 1 aromatic rings. The molecule has 1 N–H and O–H groups in total. The number of halogens is 1. The van der Waals surface area contributed by atoms with Gasteiger partial charge in [0, 0.05) is 24.1 Å². The molecule has 0 heterocycles. The van der Waals surface area contributed by atoms with E-state index in [1.165, 1.54) is 0 Å². The Hall–Kier alpha value is -1.07. The van der Waals surface area contributed by atoms with Crippen LogP contribution in [0.25, 0.3) is 0 Å². The summed E-state index contributed by atoms with van der Waals surface area (Å²) in [7, 11) is 4.05. The summed E-state index contributed by atoms with van der Waals surface area (Å²) in [5.74, 6) is 0.455. The average Bonchev–Trinajstić information content (AvgIpc) is 2.43. The molecular weight excluding hydrogens is 342 g/mol. The molecule has 0 spiro atoms. The van der Waals surface area contributed by atoms with Crippen LogP contribution in [-0.2, 0) is 0 Å². The van der Waals surface area contributed by atoms with Crippen molar-refractivity contribution in [3.63, 3.8) is 0 Å². The largest absolute Gasteiger partial charge is 0.331 e. The van der Waals surface area contributed by atoms with Crippen molar-refractivity contribution in [2.24, 2.45) is 5.92 Å². The number of nitrogens with zero attached hydrogens (tertiary/aromatic N) is 2. The van der Waals surface area contributed by atoms with E-state index < -0.39 is 0 Å². The molecule has 1 rings (SSSR count). The molecule has 2 amide bonds. The Morgan fingerprint density at radius 2 is 1.73 bits per heavy atom. The van der Waals surface area contributed by atoms with Crippen LogP contribution in [0, 0.1) is 5.92 Å². The van der Waals surface area contributed by atoms with Crippen LogP contribution in [-0.4, -0.2) is 49.6 Å². The van der Waals surface area contributed by atoms with Crippen molar-refractivity contribution in [1.82, 2.24) is 15.1 Å². The minimum atomic E-state index is -0.00498. The van der Waals surface area contributed by atoms with Crippen LogP contribution in [0.5, 0.6) is 0 Å². The lowest BCUT2D eigenvalue weighted by Crippen LogP contribution is -2.45. The molecule has 4 nitrogen and oxygen atoms in total. The molecule has 0 radical (unpaired) electrons. The summed E-state index contributed by atoms with van der Waals surface area (Å²) < 4.78 is 1.04. The normalized spacial score (nSPS) is 12.5. The van der Waals surface area contributed by atoms with Crippen LogP contribution >= 0.6 is 15.9 Å². The number of carbonyl (C=O) groups excluding carboxylic acids is 1. The Bertz CT molecular complexity index is 459. The zero-order valence-electron chi connectivity index (χ0n) is 14.3. The van der Waals surface area contributed by atoms with Crippen LogP contribution in [0.3, 0.4) is 0 Å². The first-order valence-corrected chi connectivity index (χ1v) is 8.54. The van der Waals surface area contributed by atoms with E-state index in [1.54, 1.807) is 0 Å². The molecule has 5 heteroatoms. The van der Waals surface area contributed by atoms with Gasteiger partial charge in [0.05, 0.1) is 6.04 Å². The molecule has 0 saturated heterocycles. The second-order valence-electron chi connectivity index (χ2n) is 6.37. The summed E-state index contributed by atoms with van der Waals surface area (Å²) in [6.45, 7) is 8.66. The number of carbonyl (C=O) groups is 1. The van der Waals surface area contributed by atoms with Crippen molar-refractivity contribution < 1.29 is 4.79 Å². The third kappa shape index (κ3) is 6.79. The smallest absolute Gasteiger partial charge is 0.317 e. The first-order chi connectivity index (χ1) is 10.3. The van der Waals surface area contributed by atoms with Crippen molar-refractivity contribution >= 4 is 22.0 Å². The molecule has 1 aromatic carbocycles. The van der Waals surface area contributed by atoms with E-state index in [2.05, 4.69) is 40.0 Å². The molecule has 0 aliphatic carbocycles. The zero-order valence-corrected chi connectivity index (χ0v) is 15.9. The van der Waals surface area contributed by atoms with Gasteiger partial charge in [-0.25, -0.2) is 4.79 Å². The third-order valence-corrected chi connectivity index (χ3v) is 3.93. The van der Waals surface area contributed by atoms with Crippen LogP contribution in [0.15, 0.2) is 28.7 Å². The number of nitrogens with one attached hydrogen (secondary N) is 1. The number of hydrogen-bond acceptors (Lipinski definition) is 2. The first kappa shape index (κ1) is 19.0. The summed E-state index contributed by atoms with van der Waals surface area (Å²) in [4.78, 5) is 16.5. The number of amides is 2. The number of rotatable bonds is 7. The van der Waals surface area contributed by atoms with Gasteiger partial charge in [0.1, 0.15) is 0 Å². The Kier molecular flexibility index (Phi) is 7.90. The van der Waals surface area contributed by atoms with Crippen molar-refractivity contribution in [3.8, 4) is 0 Å². The topological polar surface area (TPSA) is 35.6 Å². The van der Waals surface area contributed by atoms with Gasteiger partial charge in [-0.05, 0) is 44.6 Å². The van der Waals surface area contributed by atoms with Crippen molar-refractivity contribution in [3.05, 3.63) is 34.3 Å². The molecule has 0 aliphatic rings. The van der Waals surface area contributed by atoms with Crippen LogP contribution < -0.4 is 5.32 Å². The van der Waals surface area contributed by atoms with Crippen LogP contribution in [0.1, 0.15) is 32.4 Å². The monoisotopic (exact) mass is 369 g/mol. The van der Waals surface area contributed by atoms with Gasteiger partial charge in [-0.2, -0.15) is 0 Å². The van der Waals surface area contributed by atoms with E-state index in [1.807, 2.05) is 50.2 Å². The highest BCUT2D eigenvalue weighted by molar-refractivity contribution is 9.10. The minimum absolute atomic E-state index is 0.00498. The van der Waals surface area contributed by atoms with Crippen molar-refractivity contribution in [1.29, 1.82) is 0 Å². The van der Waals surface area contributed by atoms with Gasteiger partial charge >= 0.3 is 6.03 Å². The molecule has 1 atom stereocenters. The molecule has 0 saturated carbocycles. The maximum atomic E-state index is 12.5. The summed E-state index contributed by atoms with van der Waals surface area (Å²) in [6, 6.07) is 8.05. The highest BCUT2D eigenvalue weighted by atomic mass is 79.9. The van der Waals surface area contributed by atoms with E-state index >= 15 is 0 Å². The summed E-state index contributed by atoms with van der Waals surface area (Å²) in [5, 5.41) is 3.10. The molecule has 22 heavy (non-hydrogen) atoms. The minimum Gasteiger partial charge on any atom is -0.331 e. The lowest BCUT2D eigenvalue weighted by molar-refractivity contribution is 0.181. The molecular formula is C17H28BrN3O. The average molecular weight is 370 g/mol. The highest BCUT2D eigenvalue weighted by Gasteiger charge is 2.17. The quantitative estimate of drug-likeness (QED) is 0.794. The second kappa shape index (κ2) is 9.16. The van der Waals surface area contributed by atoms with Gasteiger partial charge < -0.3 is 15.1 Å². The summed E-state index contributed by atoms with van der Waals surface area (Å²) >= 11 is 3.43. The highest BCUT2D eigenvalue weighted by Crippen LogP contribution is 2.16. The maximum absolute atomic E-state index is 12.5. The van der Waals surface area contributed by atoms with Gasteiger partial charge in [0.25, 0.3) is 0 Å². The summed E-state index contributed by atoms with van der Waals surface area (Å²) in [5.41, 5.74) is 1.11. The van der Waals surface area contributed by atoms with Gasteiger partial charge in [-0.3, -0.25) is 0 Å². The van der Waals surface area contributed by atoms with E-state index in [-0.39, 0.29) is 12.1 Å². The van der Waals surface area contributed by atoms with Crippen LogP contribution in [0.2, 0.25) is 0 Å². The molecule has 0 fully saturated rings. The third-order valence-electron chi connectivity index (χ3n) is 3.40. The van der Waals surface area contributed by atoms with Gasteiger partial charge in [0.2, 0.25) is 0 Å². The Labute approximate surface area is 143 Å². The van der Waals surface area contributed by atoms with Crippen molar-refractivity contribution in [2.45, 2.75) is 26.8 Å². The number of benzene rings is 1. The number of urea groups is 1. The predicted octanol–water partition coefficient (Wildman–Crippen LogP) is 3.74. The Balaban J connectivity index is 2.66. The van der Waals surface area contributed by atoms with E-state index in [9.17, 15) is 4.79 Å². The molecule has 0 unspecified atom stereocenters. The van der Waals surface area contributed by atoms with Gasteiger partial charge in [-0.15, -0.1) is 0 Å². The van der Waals surface area contributed by atoms with Gasteiger partial charge in [-0.1, -0.05) is 41.9 Å². The number of hydrogen-bond donors (Lipinski definition) is 1. The summed E-state index contributed by atoms with van der Waals surface area (Å²) in [6.07, 6.45) is 0. The fourth-order valence-corrected chi connectivity index (χ4v) is 2.41. The molecule has 0 aromatic heterocycles. The zero-order chi connectivity index (χ0) is 16.7. The second-order valence-corrected chi connectivity index (χ2v) is 7.28. The fraction of sp³-hybridized carbons (Fsp3) is 0.588. The Morgan fingerprint density at radius 3 is 2.23 bits per heavy atom. The molecule has 0 bridgehead atoms. The SMILES string of the molecule is CC(C)CN(CCN(C)C)C(=O)N[C@H](C)c1ccc(Br)cc1. The van der Waals surface area contributed by atoms with E-state index in [0.29, 0.717) is 5.92 Å². The van der Waals surface area contributed by atoms with Gasteiger partial charge in [0.15, 0.2) is 0 Å². The number of likely N-dealkylation sites (N-methyl/N-ethyl adjacent to an activating group) is 1. The molecule has 124 valence electrons. The lowest BCUT2D eigenvalue weighted by Gasteiger charge is -2.28. The van der Waals surface area contributed by atoms with E-state index in [0.717, 1.165) is 29.7 Å². The molecule has 0 aliphatic heterocycles. The van der Waals surface area contributed by atoms with Crippen molar-refractivity contribution in [2.75, 3.05) is 33.7 Å². The predicted molar refractivity (Wildman–Crippen MR) is 96.1 cm³/mol. The van der Waals surface area contributed by atoms with Crippen LogP contribution in [0.4, 0.5) is 4.79 Å². The fourth-order valence-electron chi connectivity index (χ4n) is 2.15. The maximum Gasteiger partial charge on any atom is 0.317 e.